The highest BCUT2D eigenvalue weighted by Gasteiger charge is 1.99. The lowest BCUT2D eigenvalue weighted by molar-refractivity contribution is 0.856. The van der Waals surface area contributed by atoms with Gasteiger partial charge in [0, 0.05) is 6.54 Å². The molecule has 1 atom stereocenters. The van der Waals surface area contributed by atoms with Crippen molar-refractivity contribution in [3.8, 4) is 0 Å². The van der Waals surface area contributed by atoms with Gasteiger partial charge in [-0.3, -0.25) is 0 Å². The molecule has 1 unspecified atom stereocenters. The van der Waals surface area contributed by atoms with Crippen molar-refractivity contribution in [1.82, 2.24) is 5.32 Å². The van der Waals surface area contributed by atoms with E-state index >= 15 is 0 Å². The molecule has 0 aliphatic carbocycles. The third-order valence-electron chi connectivity index (χ3n) is 1.71. The van der Waals surface area contributed by atoms with Gasteiger partial charge in [-0.25, -0.2) is 0 Å². The van der Waals surface area contributed by atoms with E-state index in [0.717, 1.165) is 6.54 Å². The van der Waals surface area contributed by atoms with Crippen LogP contribution in [0.3, 0.4) is 0 Å². The molecule has 0 amide bonds. The summed E-state index contributed by atoms with van der Waals surface area (Å²) in [5, 5.41) is 3.18. The number of nitrogens with one attached hydrogen (secondary N) is 1. The van der Waals surface area contributed by atoms with Crippen LogP contribution in [0.1, 0.15) is 13.8 Å². The smallest absolute Gasteiger partial charge is 0.0325 e. The van der Waals surface area contributed by atoms with Crippen LogP contribution in [0.4, 0.5) is 0 Å². The largest absolute Gasteiger partial charge is 0.387 e. The van der Waals surface area contributed by atoms with E-state index in [2.05, 4.69) is 37.5 Å². The maximum Gasteiger partial charge on any atom is 0.0325 e. The molecule has 1 heteroatoms. The van der Waals surface area contributed by atoms with Crippen molar-refractivity contribution in [2.75, 3.05) is 6.54 Å². The van der Waals surface area contributed by atoms with Gasteiger partial charge in [0.2, 0.25) is 0 Å². The van der Waals surface area contributed by atoms with Crippen molar-refractivity contribution in [2.45, 2.75) is 13.8 Å². The number of hydrogen-bond donors (Lipinski definition) is 1. The second-order valence-corrected chi connectivity index (χ2v) is 2.51. The van der Waals surface area contributed by atoms with Gasteiger partial charge in [0.05, 0.1) is 0 Å². The standard InChI is InChI=1S/C8H13N/c1-7-4-3-5-9-6-8(7)2/h3-4,6-7,9H,5H2,1-2H3. The fourth-order valence-electron chi connectivity index (χ4n) is 0.843. The number of hydrogen-bond acceptors (Lipinski definition) is 1. The molecule has 0 saturated heterocycles. The summed E-state index contributed by atoms with van der Waals surface area (Å²) in [4.78, 5) is 0. The molecule has 1 aliphatic rings. The van der Waals surface area contributed by atoms with E-state index in [1.807, 2.05) is 0 Å². The van der Waals surface area contributed by atoms with Gasteiger partial charge >= 0.3 is 0 Å². The minimum absolute atomic E-state index is 0.611. The molecule has 1 rings (SSSR count). The summed E-state index contributed by atoms with van der Waals surface area (Å²) in [6.45, 7) is 5.32. The lowest BCUT2D eigenvalue weighted by Gasteiger charge is -2.02. The van der Waals surface area contributed by atoms with Crippen molar-refractivity contribution < 1.29 is 0 Å². The van der Waals surface area contributed by atoms with Crippen molar-refractivity contribution in [3.05, 3.63) is 23.9 Å². The van der Waals surface area contributed by atoms with Gasteiger partial charge in [-0.1, -0.05) is 24.6 Å². The van der Waals surface area contributed by atoms with E-state index in [-0.39, 0.29) is 0 Å². The predicted molar refractivity (Wildman–Crippen MR) is 40.1 cm³/mol. The Morgan fingerprint density at radius 1 is 1.67 bits per heavy atom. The molecule has 1 aliphatic heterocycles. The molecule has 0 spiro atoms. The average Bonchev–Trinajstić information content (AvgIpc) is 1.99. The normalized spacial score (nSPS) is 26.4. The fourth-order valence-corrected chi connectivity index (χ4v) is 0.843. The van der Waals surface area contributed by atoms with E-state index in [1.165, 1.54) is 5.57 Å². The predicted octanol–water partition coefficient (Wildman–Crippen LogP) is 1.69. The molecule has 1 heterocycles. The van der Waals surface area contributed by atoms with Gasteiger partial charge in [-0.15, -0.1) is 0 Å². The Bertz CT molecular complexity index is 145. The minimum Gasteiger partial charge on any atom is -0.387 e. The first-order valence-corrected chi connectivity index (χ1v) is 3.37. The van der Waals surface area contributed by atoms with Gasteiger partial charge in [0.25, 0.3) is 0 Å². The summed E-state index contributed by atoms with van der Waals surface area (Å²) in [5.41, 5.74) is 1.41. The molecule has 1 N–H and O–H groups in total. The topological polar surface area (TPSA) is 12.0 Å². The highest BCUT2D eigenvalue weighted by molar-refractivity contribution is 5.12. The van der Waals surface area contributed by atoms with Crippen LogP contribution in [-0.4, -0.2) is 6.54 Å². The zero-order valence-corrected chi connectivity index (χ0v) is 6.02. The Morgan fingerprint density at radius 2 is 2.44 bits per heavy atom. The summed E-state index contributed by atoms with van der Waals surface area (Å²) in [6, 6.07) is 0. The first kappa shape index (κ1) is 6.40. The molecular formula is C8H13N. The quantitative estimate of drug-likeness (QED) is 0.483. The van der Waals surface area contributed by atoms with Gasteiger partial charge < -0.3 is 5.32 Å². The Morgan fingerprint density at radius 3 is 3.22 bits per heavy atom. The van der Waals surface area contributed by atoms with Crippen LogP contribution in [0, 0.1) is 5.92 Å². The van der Waals surface area contributed by atoms with E-state index in [9.17, 15) is 0 Å². The van der Waals surface area contributed by atoms with Gasteiger partial charge in [0.15, 0.2) is 0 Å². The van der Waals surface area contributed by atoms with Crippen LogP contribution in [-0.2, 0) is 0 Å². The fraction of sp³-hybridized carbons (Fsp3) is 0.500. The zero-order chi connectivity index (χ0) is 6.69. The minimum atomic E-state index is 0.611. The molecule has 50 valence electrons. The maximum atomic E-state index is 3.18. The van der Waals surface area contributed by atoms with Crippen molar-refractivity contribution >= 4 is 0 Å². The van der Waals surface area contributed by atoms with Crippen LogP contribution in [0.25, 0.3) is 0 Å². The third kappa shape index (κ3) is 1.60. The van der Waals surface area contributed by atoms with Crippen LogP contribution < -0.4 is 5.32 Å². The summed E-state index contributed by atoms with van der Waals surface area (Å²) in [5.74, 6) is 0.611. The lowest BCUT2D eigenvalue weighted by Crippen LogP contribution is -2.02. The molecule has 1 nitrogen and oxygen atoms in total. The molecular weight excluding hydrogens is 110 g/mol. The van der Waals surface area contributed by atoms with E-state index in [0.29, 0.717) is 5.92 Å². The van der Waals surface area contributed by atoms with Crippen LogP contribution in [0.15, 0.2) is 23.9 Å². The second-order valence-electron chi connectivity index (χ2n) is 2.51. The third-order valence-corrected chi connectivity index (χ3v) is 1.71. The lowest BCUT2D eigenvalue weighted by atomic mass is 10.0. The molecule has 0 saturated carbocycles. The van der Waals surface area contributed by atoms with Crippen LogP contribution in [0.2, 0.25) is 0 Å². The molecule has 0 bridgehead atoms. The Labute approximate surface area is 56.5 Å². The zero-order valence-electron chi connectivity index (χ0n) is 6.02. The first-order valence-electron chi connectivity index (χ1n) is 3.37. The number of allylic oxidation sites excluding steroid dienone is 2. The SMILES string of the molecule is CC1=CNCC=CC1C. The highest BCUT2D eigenvalue weighted by atomic mass is 14.8. The molecule has 9 heavy (non-hydrogen) atoms. The van der Waals surface area contributed by atoms with E-state index in [4.69, 9.17) is 0 Å². The second kappa shape index (κ2) is 2.72. The molecule has 0 aromatic carbocycles. The first-order chi connectivity index (χ1) is 4.30. The summed E-state index contributed by atoms with van der Waals surface area (Å²) >= 11 is 0. The highest BCUT2D eigenvalue weighted by Crippen LogP contribution is 2.10. The summed E-state index contributed by atoms with van der Waals surface area (Å²) in [7, 11) is 0. The van der Waals surface area contributed by atoms with Crippen LogP contribution >= 0.6 is 0 Å². The Balaban J connectivity index is 2.66. The van der Waals surface area contributed by atoms with Gasteiger partial charge in [0.1, 0.15) is 0 Å². The Hall–Kier alpha value is -0.720. The maximum absolute atomic E-state index is 3.18. The molecule has 0 aromatic heterocycles. The van der Waals surface area contributed by atoms with E-state index < -0.39 is 0 Å². The molecule has 0 aromatic rings. The van der Waals surface area contributed by atoms with Gasteiger partial charge in [-0.2, -0.15) is 0 Å². The number of rotatable bonds is 0. The molecule has 0 radical (unpaired) electrons. The molecule has 0 fully saturated rings. The Kier molecular flexibility index (Phi) is 1.93. The van der Waals surface area contributed by atoms with Crippen molar-refractivity contribution in [3.63, 3.8) is 0 Å². The summed E-state index contributed by atoms with van der Waals surface area (Å²) in [6.07, 6.45) is 6.48. The van der Waals surface area contributed by atoms with Crippen LogP contribution in [0.5, 0.6) is 0 Å². The van der Waals surface area contributed by atoms with Crippen molar-refractivity contribution in [1.29, 1.82) is 0 Å². The monoisotopic (exact) mass is 123 g/mol. The summed E-state index contributed by atoms with van der Waals surface area (Å²) < 4.78 is 0. The average molecular weight is 123 g/mol. The van der Waals surface area contributed by atoms with Gasteiger partial charge in [-0.05, 0) is 19.0 Å². The van der Waals surface area contributed by atoms with E-state index in [1.54, 1.807) is 0 Å². The van der Waals surface area contributed by atoms with Crippen molar-refractivity contribution in [2.24, 2.45) is 5.92 Å².